The molecule has 6 heteroatoms. The quantitative estimate of drug-likeness (QED) is 0.815. The summed E-state index contributed by atoms with van der Waals surface area (Å²) in [6, 6.07) is 6.92. The van der Waals surface area contributed by atoms with Crippen molar-refractivity contribution in [3.8, 4) is 0 Å². The van der Waals surface area contributed by atoms with Crippen LogP contribution in [0.15, 0.2) is 36.4 Å². The Kier molecular flexibility index (Phi) is 4.93. The molecule has 1 aromatic rings. The second-order valence-corrected chi connectivity index (χ2v) is 7.36. The molecule has 3 atom stereocenters. The Morgan fingerprint density at radius 1 is 1.08 bits per heavy atom. The van der Waals surface area contributed by atoms with E-state index in [2.05, 4.69) is 22.8 Å². The maximum absolute atomic E-state index is 12.3. The van der Waals surface area contributed by atoms with Gasteiger partial charge >= 0.3 is 6.03 Å². The highest BCUT2D eigenvalue weighted by Gasteiger charge is 2.35. The molecule has 2 bridgehead atoms. The molecular weight excluding hydrogens is 330 g/mol. The molecule has 1 aliphatic heterocycles. The monoisotopic (exact) mass is 355 g/mol. The molecule has 1 heterocycles. The van der Waals surface area contributed by atoms with E-state index in [1.165, 1.54) is 12.8 Å². The maximum Gasteiger partial charge on any atom is 0.321 e. The highest BCUT2D eigenvalue weighted by atomic mass is 16.5. The van der Waals surface area contributed by atoms with Crippen molar-refractivity contribution in [2.75, 3.05) is 38.2 Å². The highest BCUT2D eigenvalue weighted by molar-refractivity contribution is 5.95. The molecule has 3 amide bonds. The van der Waals surface area contributed by atoms with E-state index in [9.17, 15) is 9.59 Å². The van der Waals surface area contributed by atoms with Gasteiger partial charge in [0.25, 0.3) is 5.91 Å². The van der Waals surface area contributed by atoms with E-state index in [0.717, 1.165) is 12.5 Å². The number of nitrogens with zero attached hydrogens (tertiary/aromatic N) is 1. The number of amides is 3. The van der Waals surface area contributed by atoms with Crippen LogP contribution in [0.5, 0.6) is 0 Å². The normalized spacial score (nSPS) is 26.8. The lowest BCUT2D eigenvalue weighted by Crippen LogP contribution is -2.43. The van der Waals surface area contributed by atoms with Crippen LogP contribution in [-0.4, -0.2) is 49.7 Å². The van der Waals surface area contributed by atoms with Gasteiger partial charge in [0.15, 0.2) is 0 Å². The minimum absolute atomic E-state index is 0.0530. The number of rotatable bonds is 4. The summed E-state index contributed by atoms with van der Waals surface area (Å²) in [5.41, 5.74) is 1.31. The van der Waals surface area contributed by atoms with Gasteiger partial charge in [-0.25, -0.2) is 4.79 Å². The third kappa shape index (κ3) is 3.75. The predicted octanol–water partition coefficient (Wildman–Crippen LogP) is 2.49. The van der Waals surface area contributed by atoms with Crippen LogP contribution >= 0.6 is 0 Å². The van der Waals surface area contributed by atoms with E-state index >= 15 is 0 Å². The average Bonchev–Trinajstić information content (AvgIpc) is 3.30. The van der Waals surface area contributed by atoms with Gasteiger partial charge in [-0.15, -0.1) is 0 Å². The second kappa shape index (κ2) is 7.50. The standard InChI is InChI=1S/C20H25N3O3/c24-19(21-13-17-12-14-1-2-16(17)11-14)15-3-5-18(6-4-15)22-20(25)23-7-9-26-10-8-23/h1-6,14,16-17H,7-13H2,(H,21,24)(H,22,25)/t14-,16-,17-/m0/s1. The van der Waals surface area contributed by atoms with E-state index in [-0.39, 0.29) is 11.9 Å². The van der Waals surface area contributed by atoms with Gasteiger partial charge < -0.3 is 20.3 Å². The van der Waals surface area contributed by atoms with E-state index in [1.807, 2.05) is 0 Å². The smallest absolute Gasteiger partial charge is 0.321 e. The number of fused-ring (bicyclic) bond motifs is 2. The van der Waals surface area contributed by atoms with Gasteiger partial charge in [-0.1, -0.05) is 12.2 Å². The second-order valence-electron chi connectivity index (χ2n) is 7.36. The zero-order chi connectivity index (χ0) is 17.9. The summed E-state index contributed by atoms with van der Waals surface area (Å²) < 4.78 is 5.25. The molecule has 1 saturated carbocycles. The van der Waals surface area contributed by atoms with Crippen LogP contribution in [0.25, 0.3) is 0 Å². The SMILES string of the molecule is O=C(NC[C@@H]1C[C@H]2C=C[C@H]1C2)c1ccc(NC(=O)N2CCOCC2)cc1. The van der Waals surface area contributed by atoms with Crippen LogP contribution < -0.4 is 10.6 Å². The zero-order valence-electron chi connectivity index (χ0n) is 14.8. The fourth-order valence-electron chi connectivity index (χ4n) is 4.13. The van der Waals surface area contributed by atoms with Crippen molar-refractivity contribution < 1.29 is 14.3 Å². The molecule has 4 rings (SSSR count). The predicted molar refractivity (Wildman–Crippen MR) is 99.0 cm³/mol. The van der Waals surface area contributed by atoms with Crippen LogP contribution in [-0.2, 0) is 4.74 Å². The first kappa shape index (κ1) is 17.1. The van der Waals surface area contributed by atoms with Gasteiger partial charge in [-0.3, -0.25) is 4.79 Å². The summed E-state index contributed by atoms with van der Waals surface area (Å²) in [5.74, 6) is 1.87. The number of anilines is 1. The summed E-state index contributed by atoms with van der Waals surface area (Å²) in [6.07, 6.45) is 7.05. The Labute approximate surface area is 153 Å². The Morgan fingerprint density at radius 2 is 1.85 bits per heavy atom. The third-order valence-corrected chi connectivity index (χ3v) is 5.64. The summed E-state index contributed by atoms with van der Waals surface area (Å²) in [6.45, 7) is 3.09. The van der Waals surface area contributed by atoms with Crippen LogP contribution in [0.3, 0.4) is 0 Å². The van der Waals surface area contributed by atoms with Crippen LogP contribution in [0.2, 0.25) is 0 Å². The first-order valence-corrected chi connectivity index (χ1v) is 9.39. The van der Waals surface area contributed by atoms with Crippen LogP contribution in [0.4, 0.5) is 10.5 Å². The van der Waals surface area contributed by atoms with Gasteiger partial charge in [-0.05, 0) is 54.9 Å². The van der Waals surface area contributed by atoms with Crippen LogP contribution in [0.1, 0.15) is 23.2 Å². The summed E-state index contributed by atoms with van der Waals surface area (Å²) in [7, 11) is 0. The van der Waals surface area contributed by atoms with E-state index in [4.69, 9.17) is 4.74 Å². The number of carbonyl (C=O) groups excluding carboxylic acids is 2. The average molecular weight is 355 g/mol. The molecular formula is C20H25N3O3. The maximum atomic E-state index is 12.3. The number of hydrogen-bond acceptors (Lipinski definition) is 3. The molecule has 0 unspecified atom stereocenters. The number of morpholine rings is 1. The number of benzene rings is 1. The Hall–Kier alpha value is -2.34. The van der Waals surface area contributed by atoms with Crippen molar-refractivity contribution >= 4 is 17.6 Å². The number of hydrogen-bond donors (Lipinski definition) is 2. The summed E-state index contributed by atoms with van der Waals surface area (Å²) >= 11 is 0. The first-order chi connectivity index (χ1) is 12.7. The van der Waals surface area contributed by atoms with Gasteiger partial charge in [-0.2, -0.15) is 0 Å². The molecule has 2 fully saturated rings. The minimum Gasteiger partial charge on any atom is -0.378 e. The fourth-order valence-corrected chi connectivity index (χ4v) is 4.13. The van der Waals surface area contributed by atoms with Gasteiger partial charge in [0.2, 0.25) is 0 Å². The summed E-state index contributed by atoms with van der Waals surface area (Å²) in [5, 5.41) is 5.92. The number of allylic oxidation sites excluding steroid dienone is 2. The number of ether oxygens (including phenoxy) is 1. The molecule has 138 valence electrons. The highest BCUT2D eigenvalue weighted by Crippen LogP contribution is 2.42. The number of nitrogens with one attached hydrogen (secondary N) is 2. The first-order valence-electron chi connectivity index (χ1n) is 9.39. The lowest BCUT2D eigenvalue weighted by molar-refractivity contribution is 0.0564. The zero-order valence-corrected chi connectivity index (χ0v) is 14.8. The number of carbonyl (C=O) groups is 2. The van der Waals surface area contributed by atoms with Crippen molar-refractivity contribution in [3.05, 3.63) is 42.0 Å². The summed E-state index contributed by atoms with van der Waals surface area (Å²) in [4.78, 5) is 26.3. The Morgan fingerprint density at radius 3 is 2.50 bits per heavy atom. The Balaban J connectivity index is 1.27. The van der Waals surface area contributed by atoms with Crippen LogP contribution in [0, 0.1) is 17.8 Å². The fraction of sp³-hybridized carbons (Fsp3) is 0.500. The van der Waals surface area contributed by atoms with E-state index < -0.39 is 0 Å². The molecule has 1 saturated heterocycles. The molecule has 6 nitrogen and oxygen atoms in total. The van der Waals surface area contributed by atoms with E-state index in [1.54, 1.807) is 29.2 Å². The van der Waals surface area contributed by atoms with Gasteiger partial charge in [0, 0.05) is 30.9 Å². The molecule has 2 aliphatic carbocycles. The topological polar surface area (TPSA) is 70.7 Å². The van der Waals surface area contributed by atoms with Crippen molar-refractivity contribution in [1.82, 2.24) is 10.2 Å². The Bertz CT molecular complexity index is 695. The minimum atomic E-state index is -0.130. The molecule has 0 aromatic heterocycles. The third-order valence-electron chi connectivity index (χ3n) is 5.64. The van der Waals surface area contributed by atoms with Crippen molar-refractivity contribution in [2.24, 2.45) is 17.8 Å². The van der Waals surface area contributed by atoms with Crippen molar-refractivity contribution in [2.45, 2.75) is 12.8 Å². The van der Waals surface area contributed by atoms with Gasteiger partial charge in [0.1, 0.15) is 0 Å². The molecule has 26 heavy (non-hydrogen) atoms. The number of urea groups is 1. The van der Waals surface area contributed by atoms with Crippen molar-refractivity contribution in [3.63, 3.8) is 0 Å². The molecule has 0 radical (unpaired) electrons. The molecule has 2 N–H and O–H groups in total. The van der Waals surface area contributed by atoms with Gasteiger partial charge in [0.05, 0.1) is 13.2 Å². The van der Waals surface area contributed by atoms with Crippen molar-refractivity contribution in [1.29, 1.82) is 0 Å². The molecule has 3 aliphatic rings. The molecule has 0 spiro atoms. The lowest BCUT2D eigenvalue weighted by atomic mass is 9.93. The lowest BCUT2D eigenvalue weighted by Gasteiger charge is -2.26. The molecule has 1 aromatic carbocycles. The van der Waals surface area contributed by atoms with E-state index in [0.29, 0.717) is 49.4 Å². The largest absolute Gasteiger partial charge is 0.378 e.